The van der Waals surface area contributed by atoms with Gasteiger partial charge in [0.1, 0.15) is 6.61 Å². The van der Waals surface area contributed by atoms with E-state index in [0.29, 0.717) is 0 Å². The number of hydrogen-bond acceptors (Lipinski definition) is 5. The molecule has 2 amide bonds. The average Bonchev–Trinajstić information content (AvgIpc) is 2.97. The Morgan fingerprint density at radius 2 is 1.85 bits per heavy atom. The summed E-state index contributed by atoms with van der Waals surface area (Å²) >= 11 is 1.52. The second-order valence-electron chi connectivity index (χ2n) is 7.55. The zero-order valence-electron chi connectivity index (χ0n) is 16.9. The van der Waals surface area contributed by atoms with Crippen molar-refractivity contribution in [3.05, 3.63) is 40.3 Å². The first-order valence-corrected chi connectivity index (χ1v) is 10.1. The van der Waals surface area contributed by atoms with E-state index in [1.807, 2.05) is 13.8 Å². The first-order chi connectivity index (χ1) is 12.6. The number of benzene rings is 1. The predicted octanol–water partition coefficient (Wildman–Crippen LogP) is 4.22. The van der Waals surface area contributed by atoms with Gasteiger partial charge in [-0.25, -0.2) is 9.69 Å². The molecule has 6 heteroatoms. The molecule has 0 radical (unpaired) electrons. The highest BCUT2D eigenvalue weighted by atomic mass is 32.2. The molecular formula is C21H29NO4S. The van der Waals surface area contributed by atoms with Gasteiger partial charge < -0.3 is 9.84 Å². The van der Waals surface area contributed by atoms with Gasteiger partial charge in [-0.3, -0.25) is 4.79 Å². The van der Waals surface area contributed by atoms with Gasteiger partial charge in [0.15, 0.2) is 0 Å². The van der Waals surface area contributed by atoms with Crippen molar-refractivity contribution in [2.24, 2.45) is 11.8 Å². The maximum atomic E-state index is 12.7. The van der Waals surface area contributed by atoms with Gasteiger partial charge in [0, 0.05) is 4.90 Å². The number of hydrogen-bond donors (Lipinski definition) is 1. The zero-order valence-corrected chi connectivity index (χ0v) is 17.7. The van der Waals surface area contributed by atoms with Gasteiger partial charge in [-0.05, 0) is 49.3 Å². The number of aryl methyl sites for hydroxylation is 3. The highest BCUT2D eigenvalue weighted by Gasteiger charge is 2.42. The lowest BCUT2D eigenvalue weighted by Crippen LogP contribution is -2.46. The van der Waals surface area contributed by atoms with E-state index in [2.05, 4.69) is 32.9 Å². The van der Waals surface area contributed by atoms with Crippen molar-refractivity contribution < 1.29 is 19.4 Å². The number of carbonyl (C=O) groups is 2. The molecule has 1 saturated heterocycles. The van der Waals surface area contributed by atoms with Crippen LogP contribution in [0.4, 0.5) is 4.79 Å². The molecule has 27 heavy (non-hydrogen) atoms. The van der Waals surface area contributed by atoms with Gasteiger partial charge in [0.2, 0.25) is 5.91 Å². The highest BCUT2D eigenvalue weighted by molar-refractivity contribution is 8.02. The predicted molar refractivity (Wildman–Crippen MR) is 108 cm³/mol. The summed E-state index contributed by atoms with van der Waals surface area (Å²) in [5, 5.41) is 12.2. The number of ether oxygens (including phenoxy) is 1. The molecule has 1 aliphatic rings. The lowest BCUT2D eigenvalue weighted by molar-refractivity contribution is -0.136. The minimum absolute atomic E-state index is 0.100. The Balaban J connectivity index is 2.04. The maximum Gasteiger partial charge on any atom is 0.416 e. The van der Waals surface area contributed by atoms with E-state index in [-0.39, 0.29) is 18.6 Å². The van der Waals surface area contributed by atoms with Crippen molar-refractivity contribution in [1.29, 1.82) is 0 Å². The lowest BCUT2D eigenvalue weighted by Gasteiger charge is -2.26. The number of imide groups is 1. The van der Waals surface area contributed by atoms with Gasteiger partial charge in [-0.15, -0.1) is 0 Å². The number of nitrogens with zero attached hydrogens (tertiary/aromatic N) is 1. The SMILES string of the molecule is Cc1cc(C)c(S/C=C/[C@H](O)[C@H](C)C(=O)N2C(=O)OC[C@@H]2C(C)C)c(C)c1. The van der Waals surface area contributed by atoms with Crippen molar-refractivity contribution in [1.82, 2.24) is 4.90 Å². The van der Waals surface area contributed by atoms with Crippen molar-refractivity contribution in [2.75, 3.05) is 6.61 Å². The Morgan fingerprint density at radius 3 is 2.41 bits per heavy atom. The Labute approximate surface area is 165 Å². The fourth-order valence-corrected chi connectivity index (χ4v) is 4.12. The molecule has 0 aliphatic carbocycles. The van der Waals surface area contributed by atoms with Crippen LogP contribution in [0, 0.1) is 32.6 Å². The van der Waals surface area contributed by atoms with Gasteiger partial charge >= 0.3 is 6.09 Å². The summed E-state index contributed by atoms with van der Waals surface area (Å²) in [4.78, 5) is 27.0. The summed E-state index contributed by atoms with van der Waals surface area (Å²) in [7, 11) is 0. The van der Waals surface area contributed by atoms with Crippen LogP contribution in [0.15, 0.2) is 28.5 Å². The smallest absolute Gasteiger partial charge is 0.416 e. The van der Waals surface area contributed by atoms with E-state index in [1.54, 1.807) is 18.4 Å². The van der Waals surface area contributed by atoms with E-state index in [9.17, 15) is 14.7 Å². The fourth-order valence-electron chi connectivity index (χ4n) is 3.25. The largest absolute Gasteiger partial charge is 0.447 e. The molecule has 0 spiro atoms. The summed E-state index contributed by atoms with van der Waals surface area (Å²) in [5.41, 5.74) is 3.58. The van der Waals surface area contributed by atoms with Crippen molar-refractivity contribution in [2.45, 2.75) is 58.6 Å². The second-order valence-corrected chi connectivity index (χ2v) is 8.47. The molecule has 1 aromatic rings. The lowest BCUT2D eigenvalue weighted by atomic mass is 9.99. The minimum atomic E-state index is -0.975. The number of carbonyl (C=O) groups excluding carboxylic acids is 2. The van der Waals surface area contributed by atoms with Gasteiger partial charge in [0.25, 0.3) is 0 Å². The minimum Gasteiger partial charge on any atom is -0.447 e. The van der Waals surface area contributed by atoms with E-state index in [0.717, 1.165) is 9.80 Å². The number of cyclic esters (lactones) is 1. The monoisotopic (exact) mass is 391 g/mol. The third-order valence-corrected chi connectivity index (χ3v) is 6.05. The normalized spacial score (nSPS) is 19.6. The summed E-state index contributed by atoms with van der Waals surface area (Å²) in [6.07, 6.45) is 0.0110. The quantitative estimate of drug-likeness (QED) is 0.736. The summed E-state index contributed by atoms with van der Waals surface area (Å²) < 4.78 is 5.03. The zero-order chi connectivity index (χ0) is 20.3. The second kappa shape index (κ2) is 8.93. The fraction of sp³-hybridized carbons (Fsp3) is 0.524. The van der Waals surface area contributed by atoms with Crippen LogP contribution in [0.2, 0.25) is 0 Å². The summed E-state index contributed by atoms with van der Waals surface area (Å²) in [5.74, 6) is -1.03. The molecule has 148 valence electrons. The van der Waals surface area contributed by atoms with Crippen LogP contribution in [-0.4, -0.2) is 40.8 Å². The molecule has 0 bridgehead atoms. The molecule has 0 saturated carbocycles. The third kappa shape index (κ3) is 4.93. The number of rotatable bonds is 6. The van der Waals surface area contributed by atoms with E-state index in [4.69, 9.17) is 4.74 Å². The Hall–Kier alpha value is -1.79. The molecule has 0 aromatic heterocycles. The molecule has 1 heterocycles. The van der Waals surface area contributed by atoms with Crippen LogP contribution < -0.4 is 0 Å². The number of thioether (sulfide) groups is 1. The maximum absolute atomic E-state index is 12.7. The first kappa shape index (κ1) is 21.5. The number of amides is 2. The van der Waals surface area contributed by atoms with Crippen LogP contribution >= 0.6 is 11.8 Å². The number of aliphatic hydroxyl groups is 1. The Morgan fingerprint density at radius 1 is 1.26 bits per heavy atom. The first-order valence-electron chi connectivity index (χ1n) is 9.22. The highest BCUT2D eigenvalue weighted by Crippen LogP contribution is 2.29. The average molecular weight is 392 g/mol. The van der Waals surface area contributed by atoms with Crippen LogP contribution in [0.1, 0.15) is 37.5 Å². The molecule has 3 atom stereocenters. The summed E-state index contributed by atoms with van der Waals surface area (Å²) in [6.45, 7) is 11.9. The van der Waals surface area contributed by atoms with E-state index in [1.165, 1.54) is 28.5 Å². The van der Waals surface area contributed by atoms with Crippen molar-refractivity contribution >= 4 is 23.8 Å². The van der Waals surface area contributed by atoms with Gasteiger partial charge in [-0.1, -0.05) is 50.2 Å². The Kier molecular flexibility index (Phi) is 7.12. The third-order valence-electron chi connectivity index (χ3n) is 4.88. The molecule has 5 nitrogen and oxygen atoms in total. The van der Waals surface area contributed by atoms with Crippen LogP contribution in [0.3, 0.4) is 0 Å². The van der Waals surface area contributed by atoms with Crippen molar-refractivity contribution in [3.8, 4) is 0 Å². The van der Waals surface area contributed by atoms with Crippen LogP contribution in [0.25, 0.3) is 0 Å². The Bertz CT molecular complexity index is 721. The molecule has 1 fully saturated rings. The topological polar surface area (TPSA) is 66.8 Å². The van der Waals surface area contributed by atoms with Crippen molar-refractivity contribution in [3.63, 3.8) is 0 Å². The van der Waals surface area contributed by atoms with Crippen LogP contribution in [0.5, 0.6) is 0 Å². The van der Waals surface area contributed by atoms with E-state index >= 15 is 0 Å². The standard InChI is InChI=1S/C21H29NO4S/c1-12(2)17-11-26-21(25)22(17)20(24)16(6)18(23)7-8-27-19-14(4)9-13(3)10-15(19)5/h7-10,12,16-18,23H,11H2,1-6H3/b8-7+/t16-,17+,18-/m0/s1. The van der Waals surface area contributed by atoms with Gasteiger partial charge in [-0.2, -0.15) is 0 Å². The summed E-state index contributed by atoms with van der Waals surface area (Å²) in [6, 6.07) is 3.96. The molecular weight excluding hydrogens is 362 g/mol. The molecule has 1 N–H and O–H groups in total. The number of aliphatic hydroxyl groups excluding tert-OH is 1. The molecule has 1 aliphatic heterocycles. The molecule has 1 aromatic carbocycles. The van der Waals surface area contributed by atoms with E-state index < -0.39 is 24.0 Å². The molecule has 2 rings (SSSR count). The van der Waals surface area contributed by atoms with Gasteiger partial charge in [0.05, 0.1) is 18.1 Å². The van der Waals surface area contributed by atoms with Crippen LogP contribution in [-0.2, 0) is 9.53 Å². The molecule has 0 unspecified atom stereocenters.